The second-order valence-electron chi connectivity index (χ2n) is 4.88. The van der Waals surface area contributed by atoms with Crippen LogP contribution in [-0.2, 0) is 0 Å². The van der Waals surface area contributed by atoms with Gasteiger partial charge >= 0.3 is 0 Å². The number of hydrogen-bond acceptors (Lipinski definition) is 4. The Balaban J connectivity index is 1.91. The van der Waals surface area contributed by atoms with Crippen LogP contribution in [0.15, 0.2) is 16.7 Å². The van der Waals surface area contributed by atoms with Crippen molar-refractivity contribution < 1.29 is 4.79 Å². The van der Waals surface area contributed by atoms with E-state index in [4.69, 9.17) is 0 Å². The van der Waals surface area contributed by atoms with Crippen molar-refractivity contribution in [3.8, 4) is 0 Å². The van der Waals surface area contributed by atoms with Gasteiger partial charge in [-0.3, -0.25) is 4.79 Å². The van der Waals surface area contributed by atoms with E-state index >= 15 is 0 Å². The monoisotopic (exact) mass is 340 g/mol. The molecule has 1 fully saturated rings. The normalized spacial score (nSPS) is 15.3. The molecule has 1 aliphatic rings. The minimum atomic E-state index is -0.0750. The third-order valence-electron chi connectivity index (χ3n) is 3.36. The summed E-state index contributed by atoms with van der Waals surface area (Å²) in [6.45, 7) is 6.62. The summed E-state index contributed by atoms with van der Waals surface area (Å²) in [7, 11) is 0. The van der Waals surface area contributed by atoms with Crippen LogP contribution < -0.4 is 10.6 Å². The first-order valence-corrected chi connectivity index (χ1v) is 7.90. The van der Waals surface area contributed by atoms with Crippen LogP contribution in [0.2, 0.25) is 0 Å². The van der Waals surface area contributed by atoms with E-state index in [1.807, 2.05) is 6.92 Å². The summed E-state index contributed by atoms with van der Waals surface area (Å²) in [5.41, 5.74) is 0.586. The molecule has 0 unspecified atom stereocenters. The number of likely N-dealkylation sites (tertiary alicyclic amines) is 1. The van der Waals surface area contributed by atoms with Crippen molar-refractivity contribution in [1.82, 2.24) is 15.2 Å². The molecule has 2 heterocycles. The van der Waals surface area contributed by atoms with Crippen molar-refractivity contribution in [3.63, 3.8) is 0 Å². The number of anilines is 1. The Kier molecular flexibility index (Phi) is 5.79. The molecule has 5 nitrogen and oxygen atoms in total. The minimum absolute atomic E-state index is 0.0750. The van der Waals surface area contributed by atoms with Gasteiger partial charge in [0.1, 0.15) is 5.82 Å². The van der Waals surface area contributed by atoms with Crippen LogP contribution >= 0.6 is 15.9 Å². The van der Waals surface area contributed by atoms with Gasteiger partial charge in [0.15, 0.2) is 0 Å². The molecule has 0 saturated carbocycles. The number of pyridine rings is 1. The van der Waals surface area contributed by atoms with Gasteiger partial charge in [0.05, 0.1) is 5.56 Å². The van der Waals surface area contributed by atoms with E-state index in [2.05, 4.69) is 36.4 Å². The first-order valence-electron chi connectivity index (χ1n) is 7.10. The Hall–Kier alpha value is -1.14. The molecule has 0 aliphatic carbocycles. The zero-order valence-electron chi connectivity index (χ0n) is 11.8. The molecule has 2 rings (SSSR count). The maximum absolute atomic E-state index is 12.2. The van der Waals surface area contributed by atoms with Crippen molar-refractivity contribution >= 4 is 27.7 Å². The van der Waals surface area contributed by atoms with Gasteiger partial charge in [0, 0.05) is 30.3 Å². The first-order chi connectivity index (χ1) is 9.70. The number of hydrogen-bond donors (Lipinski definition) is 2. The first kappa shape index (κ1) is 15.3. The second-order valence-corrected chi connectivity index (χ2v) is 5.80. The molecule has 0 bridgehead atoms. The molecule has 20 heavy (non-hydrogen) atoms. The van der Waals surface area contributed by atoms with Gasteiger partial charge in [0.25, 0.3) is 5.91 Å². The molecule has 6 heteroatoms. The Morgan fingerprint density at radius 2 is 2.20 bits per heavy atom. The summed E-state index contributed by atoms with van der Waals surface area (Å²) in [6, 6.07) is 1.80. The van der Waals surface area contributed by atoms with Gasteiger partial charge in [-0.05, 0) is 54.9 Å². The van der Waals surface area contributed by atoms with Crippen LogP contribution in [0.25, 0.3) is 0 Å². The largest absolute Gasteiger partial charge is 0.370 e. The maximum atomic E-state index is 12.2. The van der Waals surface area contributed by atoms with Crippen molar-refractivity contribution in [2.45, 2.75) is 19.8 Å². The fraction of sp³-hybridized carbons (Fsp3) is 0.571. The maximum Gasteiger partial charge on any atom is 0.255 e. The van der Waals surface area contributed by atoms with E-state index in [0.717, 1.165) is 30.7 Å². The van der Waals surface area contributed by atoms with Gasteiger partial charge in [-0.15, -0.1) is 0 Å². The molecular formula is C14H21BrN4O. The molecule has 1 saturated heterocycles. The molecule has 1 aromatic heterocycles. The summed E-state index contributed by atoms with van der Waals surface area (Å²) >= 11 is 3.36. The predicted molar refractivity (Wildman–Crippen MR) is 84.1 cm³/mol. The highest BCUT2D eigenvalue weighted by atomic mass is 79.9. The van der Waals surface area contributed by atoms with E-state index in [9.17, 15) is 4.79 Å². The summed E-state index contributed by atoms with van der Waals surface area (Å²) in [5.74, 6) is 0.559. The van der Waals surface area contributed by atoms with Crippen LogP contribution in [0, 0.1) is 0 Å². The number of nitrogens with zero attached hydrogens (tertiary/aromatic N) is 2. The lowest BCUT2D eigenvalue weighted by Gasteiger charge is -2.15. The number of nitrogens with one attached hydrogen (secondary N) is 2. The Labute approximate surface area is 128 Å². The fourth-order valence-electron chi connectivity index (χ4n) is 2.35. The van der Waals surface area contributed by atoms with Crippen molar-refractivity contribution in [3.05, 3.63) is 22.3 Å². The zero-order valence-corrected chi connectivity index (χ0v) is 13.4. The molecular weight excluding hydrogens is 320 g/mol. The standard InChI is InChI=1S/C14H21BrN4O/c1-2-16-13-12(9-11(15)10-18-13)14(20)17-5-8-19-6-3-4-7-19/h9-10H,2-8H2,1H3,(H,16,18)(H,17,20). The van der Waals surface area contributed by atoms with Crippen LogP contribution in [0.5, 0.6) is 0 Å². The van der Waals surface area contributed by atoms with Gasteiger partial charge in [0.2, 0.25) is 0 Å². The molecule has 110 valence electrons. The summed E-state index contributed by atoms with van der Waals surface area (Å²) in [6.07, 6.45) is 4.24. The van der Waals surface area contributed by atoms with Gasteiger partial charge in [-0.2, -0.15) is 0 Å². The van der Waals surface area contributed by atoms with Crippen molar-refractivity contribution in [2.24, 2.45) is 0 Å². The molecule has 1 amide bonds. The Morgan fingerprint density at radius 1 is 1.45 bits per heavy atom. The number of aromatic nitrogens is 1. The third-order valence-corrected chi connectivity index (χ3v) is 3.79. The lowest BCUT2D eigenvalue weighted by Crippen LogP contribution is -2.33. The Morgan fingerprint density at radius 3 is 2.90 bits per heavy atom. The minimum Gasteiger partial charge on any atom is -0.370 e. The van der Waals surface area contributed by atoms with Crippen LogP contribution in [0.4, 0.5) is 5.82 Å². The summed E-state index contributed by atoms with van der Waals surface area (Å²) in [4.78, 5) is 18.9. The molecule has 0 atom stereocenters. The predicted octanol–water partition coefficient (Wildman–Crippen LogP) is 2.10. The number of rotatable bonds is 6. The lowest BCUT2D eigenvalue weighted by atomic mass is 10.2. The zero-order chi connectivity index (χ0) is 14.4. The highest BCUT2D eigenvalue weighted by molar-refractivity contribution is 9.10. The smallest absolute Gasteiger partial charge is 0.255 e. The lowest BCUT2D eigenvalue weighted by molar-refractivity contribution is 0.0950. The molecule has 0 radical (unpaired) electrons. The van der Waals surface area contributed by atoms with Gasteiger partial charge < -0.3 is 15.5 Å². The fourth-order valence-corrected chi connectivity index (χ4v) is 2.68. The average Bonchev–Trinajstić information content (AvgIpc) is 2.94. The van der Waals surface area contributed by atoms with Gasteiger partial charge in [-0.1, -0.05) is 0 Å². The molecule has 2 N–H and O–H groups in total. The van der Waals surface area contributed by atoms with E-state index in [1.54, 1.807) is 12.3 Å². The van der Waals surface area contributed by atoms with Gasteiger partial charge in [-0.25, -0.2) is 4.98 Å². The second kappa shape index (κ2) is 7.59. The molecule has 1 aliphatic heterocycles. The topological polar surface area (TPSA) is 57.3 Å². The molecule has 0 aromatic carbocycles. The van der Waals surface area contributed by atoms with Crippen molar-refractivity contribution in [1.29, 1.82) is 0 Å². The number of carbonyl (C=O) groups excluding carboxylic acids is 1. The van der Waals surface area contributed by atoms with E-state index in [1.165, 1.54) is 12.8 Å². The third kappa shape index (κ3) is 4.18. The summed E-state index contributed by atoms with van der Waals surface area (Å²) < 4.78 is 0.809. The highest BCUT2D eigenvalue weighted by Gasteiger charge is 2.14. The Bertz CT molecular complexity index is 460. The van der Waals surface area contributed by atoms with Crippen molar-refractivity contribution in [2.75, 3.05) is 38.0 Å². The van der Waals surface area contributed by atoms with E-state index in [0.29, 0.717) is 17.9 Å². The number of amides is 1. The quantitative estimate of drug-likeness (QED) is 0.832. The molecule has 1 aromatic rings. The molecule has 0 spiro atoms. The summed E-state index contributed by atoms with van der Waals surface area (Å²) in [5, 5.41) is 6.08. The van der Waals surface area contributed by atoms with E-state index < -0.39 is 0 Å². The number of halogens is 1. The van der Waals surface area contributed by atoms with Crippen LogP contribution in [0.3, 0.4) is 0 Å². The average molecular weight is 341 g/mol. The number of carbonyl (C=O) groups is 1. The SMILES string of the molecule is CCNc1ncc(Br)cc1C(=O)NCCN1CCCC1. The van der Waals surface area contributed by atoms with E-state index in [-0.39, 0.29) is 5.91 Å². The highest BCUT2D eigenvalue weighted by Crippen LogP contribution is 2.17. The van der Waals surface area contributed by atoms with Crippen LogP contribution in [-0.4, -0.2) is 48.5 Å². The van der Waals surface area contributed by atoms with Crippen LogP contribution in [0.1, 0.15) is 30.1 Å².